The normalized spacial score (nSPS) is 14.9. The van der Waals surface area contributed by atoms with Crippen LogP contribution in [0.2, 0.25) is 0 Å². The third kappa shape index (κ3) is 3.04. The lowest BCUT2D eigenvalue weighted by Gasteiger charge is -2.31. The first-order valence-electron chi connectivity index (χ1n) is 7.03. The summed E-state index contributed by atoms with van der Waals surface area (Å²) >= 11 is 0. The molecule has 0 atom stereocenters. The summed E-state index contributed by atoms with van der Waals surface area (Å²) in [5.41, 5.74) is 2.82. The second-order valence-corrected chi connectivity index (χ2v) is 5.35. The maximum atomic E-state index is 12.6. The number of hydrogen-bond acceptors (Lipinski definition) is 1. The second-order valence-electron chi connectivity index (χ2n) is 5.35. The number of anilines is 1. The van der Waals surface area contributed by atoms with E-state index in [4.69, 9.17) is 0 Å². The monoisotopic (exact) mass is 291 g/mol. The summed E-state index contributed by atoms with van der Waals surface area (Å²) < 4.78 is 37.7. The summed E-state index contributed by atoms with van der Waals surface area (Å²) in [5.74, 6) is 0. The van der Waals surface area contributed by atoms with Gasteiger partial charge in [-0.2, -0.15) is 13.2 Å². The lowest BCUT2D eigenvalue weighted by molar-refractivity contribution is -0.137. The Morgan fingerprint density at radius 2 is 1.67 bits per heavy atom. The number of benzene rings is 2. The minimum Gasteiger partial charge on any atom is -0.367 e. The summed E-state index contributed by atoms with van der Waals surface area (Å²) in [7, 11) is 0. The lowest BCUT2D eigenvalue weighted by Crippen LogP contribution is -2.28. The Morgan fingerprint density at radius 1 is 0.952 bits per heavy atom. The van der Waals surface area contributed by atoms with Gasteiger partial charge in [-0.1, -0.05) is 30.3 Å². The zero-order chi connectivity index (χ0) is 14.9. The van der Waals surface area contributed by atoms with Gasteiger partial charge in [-0.3, -0.25) is 0 Å². The number of aryl methyl sites for hydroxylation is 1. The van der Waals surface area contributed by atoms with Gasteiger partial charge in [0.1, 0.15) is 0 Å². The average Bonchev–Trinajstić information content (AvgIpc) is 2.47. The number of alkyl halides is 3. The predicted octanol–water partition coefficient (Wildman–Crippen LogP) is 4.66. The minimum atomic E-state index is -4.27. The van der Waals surface area contributed by atoms with Crippen molar-refractivity contribution in [3.8, 4) is 0 Å². The van der Waals surface area contributed by atoms with Gasteiger partial charge in [-0.15, -0.1) is 0 Å². The van der Waals surface area contributed by atoms with E-state index < -0.39 is 11.7 Å². The number of fused-ring (bicyclic) bond motifs is 1. The molecule has 0 saturated carbocycles. The van der Waals surface area contributed by atoms with Crippen molar-refractivity contribution < 1.29 is 13.2 Å². The first-order valence-corrected chi connectivity index (χ1v) is 7.03. The van der Waals surface area contributed by atoms with E-state index in [0.717, 1.165) is 37.1 Å². The molecule has 0 spiro atoms. The molecular weight excluding hydrogens is 275 g/mol. The summed E-state index contributed by atoms with van der Waals surface area (Å²) in [4.78, 5) is 2.24. The molecule has 0 unspecified atom stereocenters. The molecule has 1 aliphatic heterocycles. The van der Waals surface area contributed by atoms with Crippen LogP contribution in [0.4, 0.5) is 18.9 Å². The van der Waals surface area contributed by atoms with Gasteiger partial charge in [0.25, 0.3) is 0 Å². The first-order chi connectivity index (χ1) is 10.0. The fraction of sp³-hybridized carbons (Fsp3) is 0.294. The van der Waals surface area contributed by atoms with E-state index in [0.29, 0.717) is 6.54 Å². The van der Waals surface area contributed by atoms with Gasteiger partial charge in [0.2, 0.25) is 0 Å². The Morgan fingerprint density at radius 3 is 2.38 bits per heavy atom. The third-order valence-corrected chi connectivity index (χ3v) is 3.86. The molecule has 2 aromatic rings. The van der Waals surface area contributed by atoms with Gasteiger partial charge in [-0.25, -0.2) is 0 Å². The molecule has 4 heteroatoms. The van der Waals surface area contributed by atoms with Gasteiger partial charge in [0.15, 0.2) is 0 Å². The highest BCUT2D eigenvalue weighted by Crippen LogP contribution is 2.31. The van der Waals surface area contributed by atoms with Crippen molar-refractivity contribution in [3.05, 3.63) is 65.2 Å². The standard InChI is InChI=1S/C17H16F3N/c18-17(19,20)15-9-7-13(8-10-15)12-21-11-3-5-14-4-1-2-6-16(14)21/h1-2,4,6-10H,3,5,11-12H2. The second kappa shape index (κ2) is 5.43. The van der Waals surface area contributed by atoms with Crippen molar-refractivity contribution in [3.63, 3.8) is 0 Å². The molecule has 1 nitrogen and oxygen atoms in total. The van der Waals surface area contributed by atoms with Gasteiger partial charge in [0, 0.05) is 18.8 Å². The molecule has 1 heterocycles. The van der Waals surface area contributed by atoms with Crippen LogP contribution in [0, 0.1) is 0 Å². The zero-order valence-corrected chi connectivity index (χ0v) is 11.5. The van der Waals surface area contributed by atoms with Crippen LogP contribution in [-0.2, 0) is 19.1 Å². The molecule has 0 radical (unpaired) electrons. The Bertz CT molecular complexity index is 617. The van der Waals surface area contributed by atoms with E-state index in [1.807, 2.05) is 12.1 Å². The van der Waals surface area contributed by atoms with Crippen molar-refractivity contribution in [1.29, 1.82) is 0 Å². The molecule has 1 aliphatic rings. The molecule has 0 N–H and O–H groups in total. The molecule has 3 rings (SSSR count). The summed E-state index contributed by atoms with van der Waals surface area (Å²) in [5, 5.41) is 0. The van der Waals surface area contributed by atoms with Gasteiger partial charge in [-0.05, 0) is 42.2 Å². The molecule has 0 amide bonds. The summed E-state index contributed by atoms with van der Waals surface area (Å²) in [6.45, 7) is 1.59. The highest BCUT2D eigenvalue weighted by molar-refractivity contribution is 5.55. The SMILES string of the molecule is FC(F)(F)c1ccc(CN2CCCc3ccccc32)cc1. The zero-order valence-electron chi connectivity index (χ0n) is 11.5. The molecule has 0 aromatic heterocycles. The highest BCUT2D eigenvalue weighted by Gasteiger charge is 2.30. The number of halogens is 3. The molecular formula is C17H16F3N. The van der Waals surface area contributed by atoms with E-state index in [-0.39, 0.29) is 0 Å². The molecule has 0 saturated heterocycles. The molecule has 21 heavy (non-hydrogen) atoms. The van der Waals surface area contributed by atoms with Crippen molar-refractivity contribution >= 4 is 5.69 Å². The lowest BCUT2D eigenvalue weighted by atomic mass is 10.0. The number of para-hydroxylation sites is 1. The Hall–Kier alpha value is -1.97. The van der Waals surface area contributed by atoms with E-state index >= 15 is 0 Å². The van der Waals surface area contributed by atoms with E-state index in [2.05, 4.69) is 17.0 Å². The van der Waals surface area contributed by atoms with Crippen LogP contribution in [0.3, 0.4) is 0 Å². The van der Waals surface area contributed by atoms with Crippen LogP contribution in [0.15, 0.2) is 48.5 Å². The van der Waals surface area contributed by atoms with E-state index in [9.17, 15) is 13.2 Å². The fourth-order valence-corrected chi connectivity index (χ4v) is 2.80. The van der Waals surface area contributed by atoms with Crippen LogP contribution >= 0.6 is 0 Å². The predicted molar refractivity (Wildman–Crippen MR) is 77.3 cm³/mol. The van der Waals surface area contributed by atoms with Crippen LogP contribution in [-0.4, -0.2) is 6.54 Å². The van der Waals surface area contributed by atoms with Crippen molar-refractivity contribution in [1.82, 2.24) is 0 Å². The maximum Gasteiger partial charge on any atom is 0.416 e. The first kappa shape index (κ1) is 14.0. The van der Waals surface area contributed by atoms with Crippen LogP contribution in [0.25, 0.3) is 0 Å². The molecule has 2 aromatic carbocycles. The van der Waals surface area contributed by atoms with E-state index in [1.165, 1.54) is 11.3 Å². The van der Waals surface area contributed by atoms with Crippen molar-refractivity contribution in [2.75, 3.05) is 11.4 Å². The summed E-state index contributed by atoms with van der Waals surface area (Å²) in [6, 6.07) is 13.7. The Labute approximate surface area is 122 Å². The minimum absolute atomic E-state index is 0.592. The van der Waals surface area contributed by atoms with Crippen molar-refractivity contribution in [2.24, 2.45) is 0 Å². The quantitative estimate of drug-likeness (QED) is 0.778. The Balaban J connectivity index is 1.79. The summed E-state index contributed by atoms with van der Waals surface area (Å²) in [6.07, 6.45) is -2.12. The largest absolute Gasteiger partial charge is 0.416 e. The van der Waals surface area contributed by atoms with Gasteiger partial charge >= 0.3 is 6.18 Å². The van der Waals surface area contributed by atoms with Crippen LogP contribution in [0.5, 0.6) is 0 Å². The van der Waals surface area contributed by atoms with E-state index in [1.54, 1.807) is 12.1 Å². The van der Waals surface area contributed by atoms with Crippen LogP contribution in [0.1, 0.15) is 23.1 Å². The van der Waals surface area contributed by atoms with Gasteiger partial charge < -0.3 is 4.90 Å². The average molecular weight is 291 g/mol. The highest BCUT2D eigenvalue weighted by atomic mass is 19.4. The topological polar surface area (TPSA) is 3.24 Å². The fourth-order valence-electron chi connectivity index (χ4n) is 2.80. The Kier molecular flexibility index (Phi) is 3.62. The molecule has 0 aliphatic carbocycles. The third-order valence-electron chi connectivity index (χ3n) is 3.86. The van der Waals surface area contributed by atoms with Crippen LogP contribution < -0.4 is 4.90 Å². The number of nitrogens with zero attached hydrogens (tertiary/aromatic N) is 1. The molecule has 0 bridgehead atoms. The smallest absolute Gasteiger partial charge is 0.367 e. The molecule has 110 valence electrons. The maximum absolute atomic E-state index is 12.6. The van der Waals surface area contributed by atoms with Gasteiger partial charge in [0.05, 0.1) is 5.56 Å². The van der Waals surface area contributed by atoms with Crippen molar-refractivity contribution in [2.45, 2.75) is 25.6 Å². The number of rotatable bonds is 2. The molecule has 0 fully saturated rings. The number of hydrogen-bond donors (Lipinski definition) is 0.